The molecule has 18 heavy (non-hydrogen) atoms. The molecular weight excluding hydrogens is 246 g/mol. The summed E-state index contributed by atoms with van der Waals surface area (Å²) >= 11 is 6.01. The maximum absolute atomic E-state index is 6.01. The number of hydrogen-bond acceptors (Lipinski definition) is 2. The molecule has 3 heteroatoms. The van der Waals surface area contributed by atoms with Gasteiger partial charge >= 0.3 is 0 Å². The molecule has 0 heterocycles. The van der Waals surface area contributed by atoms with Gasteiger partial charge in [0.1, 0.15) is 0 Å². The van der Waals surface area contributed by atoms with E-state index in [0.29, 0.717) is 18.1 Å². The first kappa shape index (κ1) is 13.9. The quantitative estimate of drug-likeness (QED) is 0.795. The Morgan fingerprint density at radius 3 is 2.83 bits per heavy atom. The predicted molar refractivity (Wildman–Crippen MR) is 76.3 cm³/mol. The van der Waals surface area contributed by atoms with Crippen molar-refractivity contribution in [3.8, 4) is 0 Å². The maximum Gasteiger partial charge on any atom is 0.0594 e. The zero-order valence-corrected chi connectivity index (χ0v) is 11.9. The van der Waals surface area contributed by atoms with Gasteiger partial charge in [0, 0.05) is 17.6 Å². The van der Waals surface area contributed by atoms with Crippen LogP contribution in [0.25, 0.3) is 0 Å². The number of hydrogen-bond donors (Lipinski definition) is 1. The van der Waals surface area contributed by atoms with Crippen molar-refractivity contribution < 1.29 is 4.74 Å². The van der Waals surface area contributed by atoms with Crippen LogP contribution in [0.2, 0.25) is 5.02 Å². The van der Waals surface area contributed by atoms with Crippen molar-refractivity contribution in [2.45, 2.75) is 44.8 Å². The van der Waals surface area contributed by atoms with E-state index >= 15 is 0 Å². The van der Waals surface area contributed by atoms with Crippen molar-refractivity contribution in [2.75, 3.05) is 13.2 Å². The summed E-state index contributed by atoms with van der Waals surface area (Å²) in [5.74, 6) is 0.673. The second-order valence-corrected chi connectivity index (χ2v) is 5.73. The molecule has 0 atom stereocenters. The number of nitrogens with one attached hydrogen (secondary N) is 1. The van der Waals surface area contributed by atoms with E-state index in [4.69, 9.17) is 16.3 Å². The molecule has 1 aromatic carbocycles. The molecule has 1 aromatic rings. The number of ether oxygens (including phenoxy) is 1. The van der Waals surface area contributed by atoms with Crippen molar-refractivity contribution in [2.24, 2.45) is 0 Å². The summed E-state index contributed by atoms with van der Waals surface area (Å²) in [5, 5.41) is 4.37. The fourth-order valence-electron chi connectivity index (χ4n) is 2.37. The molecule has 100 valence electrons. The molecule has 0 radical (unpaired) electrons. The van der Waals surface area contributed by atoms with Crippen LogP contribution < -0.4 is 5.32 Å². The van der Waals surface area contributed by atoms with Crippen molar-refractivity contribution in [1.29, 1.82) is 0 Å². The summed E-state index contributed by atoms with van der Waals surface area (Å²) in [5.41, 5.74) is 1.37. The van der Waals surface area contributed by atoms with Crippen LogP contribution in [0.1, 0.15) is 38.2 Å². The third-order valence-corrected chi connectivity index (χ3v) is 3.68. The Morgan fingerprint density at radius 1 is 1.39 bits per heavy atom. The van der Waals surface area contributed by atoms with Crippen LogP contribution in [0.3, 0.4) is 0 Å². The summed E-state index contributed by atoms with van der Waals surface area (Å²) in [6.45, 7) is 5.89. The molecule has 0 saturated heterocycles. The first-order valence-electron chi connectivity index (χ1n) is 6.75. The summed E-state index contributed by atoms with van der Waals surface area (Å²) in [6.07, 6.45) is 2.75. The first-order chi connectivity index (χ1) is 8.65. The summed E-state index contributed by atoms with van der Waals surface area (Å²) in [7, 11) is 0. The Hall–Kier alpha value is -0.570. The lowest BCUT2D eigenvalue weighted by atomic mass is 9.76. The minimum atomic E-state index is 0.326. The third kappa shape index (κ3) is 3.98. The standard InChI is InChI=1S/C15H22ClNO/c1-11(2)18-7-6-17-15-9-13(10-15)12-4-3-5-14(16)8-12/h3-5,8,11,13,15,17H,6-7,9-10H2,1-2H3. The van der Waals surface area contributed by atoms with Gasteiger partial charge in [-0.05, 0) is 50.3 Å². The molecule has 2 nitrogen and oxygen atoms in total. The summed E-state index contributed by atoms with van der Waals surface area (Å²) < 4.78 is 5.51. The van der Waals surface area contributed by atoms with Gasteiger partial charge in [0.15, 0.2) is 0 Å². The highest BCUT2D eigenvalue weighted by atomic mass is 35.5. The zero-order chi connectivity index (χ0) is 13.0. The molecule has 0 aromatic heterocycles. The van der Waals surface area contributed by atoms with Crippen molar-refractivity contribution >= 4 is 11.6 Å². The molecule has 0 amide bonds. The highest BCUT2D eigenvalue weighted by Gasteiger charge is 2.29. The Labute approximate surface area is 115 Å². The third-order valence-electron chi connectivity index (χ3n) is 3.44. The maximum atomic E-state index is 6.01. The van der Waals surface area contributed by atoms with E-state index in [9.17, 15) is 0 Å². The van der Waals surface area contributed by atoms with E-state index in [1.165, 1.54) is 18.4 Å². The Kier molecular flexibility index (Phi) is 5.04. The lowest BCUT2D eigenvalue weighted by Gasteiger charge is -2.36. The minimum Gasteiger partial charge on any atom is -0.377 e. The minimum absolute atomic E-state index is 0.326. The van der Waals surface area contributed by atoms with Crippen molar-refractivity contribution in [3.05, 3.63) is 34.9 Å². The van der Waals surface area contributed by atoms with E-state index in [1.54, 1.807) is 0 Å². The van der Waals surface area contributed by atoms with Gasteiger partial charge in [-0.15, -0.1) is 0 Å². The zero-order valence-electron chi connectivity index (χ0n) is 11.2. The van der Waals surface area contributed by atoms with Crippen LogP contribution in [0, 0.1) is 0 Å². The van der Waals surface area contributed by atoms with Gasteiger partial charge in [-0.2, -0.15) is 0 Å². The topological polar surface area (TPSA) is 21.3 Å². The summed E-state index contributed by atoms with van der Waals surface area (Å²) in [4.78, 5) is 0. The normalized spacial score (nSPS) is 23.1. The molecular formula is C15H22ClNO. The van der Waals surface area contributed by atoms with Crippen molar-refractivity contribution in [1.82, 2.24) is 5.32 Å². The highest BCUT2D eigenvalue weighted by Crippen LogP contribution is 2.37. The lowest BCUT2D eigenvalue weighted by molar-refractivity contribution is 0.0767. The van der Waals surface area contributed by atoms with E-state index in [-0.39, 0.29) is 0 Å². The SMILES string of the molecule is CC(C)OCCNC1CC(c2cccc(Cl)c2)C1. The largest absolute Gasteiger partial charge is 0.377 e. The molecule has 0 unspecified atom stereocenters. The Bertz CT molecular complexity index is 375. The van der Waals surface area contributed by atoms with Gasteiger partial charge in [0.05, 0.1) is 12.7 Å². The molecule has 1 aliphatic rings. The molecule has 0 spiro atoms. The smallest absolute Gasteiger partial charge is 0.0594 e. The average Bonchev–Trinajstić information content (AvgIpc) is 2.25. The number of rotatable bonds is 6. The second kappa shape index (κ2) is 6.55. The van der Waals surface area contributed by atoms with E-state index in [0.717, 1.165) is 18.2 Å². The van der Waals surface area contributed by atoms with Crippen LogP contribution in [0.4, 0.5) is 0 Å². The molecule has 1 aliphatic carbocycles. The van der Waals surface area contributed by atoms with Crippen LogP contribution in [-0.4, -0.2) is 25.3 Å². The molecule has 1 fully saturated rings. The molecule has 1 N–H and O–H groups in total. The van der Waals surface area contributed by atoms with Gasteiger partial charge in [0.25, 0.3) is 0 Å². The van der Waals surface area contributed by atoms with Crippen LogP contribution in [0.15, 0.2) is 24.3 Å². The monoisotopic (exact) mass is 267 g/mol. The average molecular weight is 268 g/mol. The molecule has 2 rings (SSSR count). The van der Waals surface area contributed by atoms with Gasteiger partial charge in [0.2, 0.25) is 0 Å². The van der Waals surface area contributed by atoms with Crippen LogP contribution in [-0.2, 0) is 4.74 Å². The summed E-state index contributed by atoms with van der Waals surface area (Å²) in [6, 6.07) is 8.88. The predicted octanol–water partition coefficient (Wildman–Crippen LogP) is 3.60. The van der Waals surface area contributed by atoms with Crippen LogP contribution >= 0.6 is 11.6 Å². The fraction of sp³-hybridized carbons (Fsp3) is 0.600. The van der Waals surface area contributed by atoms with Gasteiger partial charge in [-0.1, -0.05) is 23.7 Å². The molecule has 0 aliphatic heterocycles. The number of benzene rings is 1. The highest BCUT2D eigenvalue weighted by molar-refractivity contribution is 6.30. The van der Waals surface area contributed by atoms with E-state index in [1.807, 2.05) is 12.1 Å². The van der Waals surface area contributed by atoms with Crippen molar-refractivity contribution in [3.63, 3.8) is 0 Å². The lowest BCUT2D eigenvalue weighted by Crippen LogP contribution is -2.41. The molecule has 0 bridgehead atoms. The van der Waals surface area contributed by atoms with Gasteiger partial charge in [-0.3, -0.25) is 0 Å². The second-order valence-electron chi connectivity index (χ2n) is 5.29. The van der Waals surface area contributed by atoms with Crippen LogP contribution in [0.5, 0.6) is 0 Å². The Morgan fingerprint density at radius 2 is 2.17 bits per heavy atom. The van der Waals surface area contributed by atoms with E-state index < -0.39 is 0 Å². The first-order valence-corrected chi connectivity index (χ1v) is 7.13. The fourth-order valence-corrected chi connectivity index (χ4v) is 2.57. The molecule has 1 saturated carbocycles. The van der Waals surface area contributed by atoms with E-state index in [2.05, 4.69) is 31.3 Å². The number of halogens is 1. The Balaban J connectivity index is 1.65. The van der Waals surface area contributed by atoms with Gasteiger partial charge < -0.3 is 10.1 Å². The van der Waals surface area contributed by atoms with Gasteiger partial charge in [-0.25, -0.2) is 0 Å².